The van der Waals surface area contributed by atoms with Gasteiger partial charge in [0.2, 0.25) is 0 Å². The second kappa shape index (κ2) is 8.25. The van der Waals surface area contributed by atoms with Crippen molar-refractivity contribution < 1.29 is 4.92 Å². The molecular weight excluding hydrogens is 320 g/mol. The van der Waals surface area contributed by atoms with Crippen LogP contribution in [-0.4, -0.2) is 17.5 Å². The maximum atomic E-state index is 10.9. The topological polar surface area (TPSA) is 46.4 Å². The summed E-state index contributed by atoms with van der Waals surface area (Å²) in [5.41, 5.74) is 2.24. The fourth-order valence-electron chi connectivity index (χ4n) is 2.20. The van der Waals surface area contributed by atoms with Gasteiger partial charge in [0.15, 0.2) is 0 Å². The van der Waals surface area contributed by atoms with Gasteiger partial charge in [-0.05, 0) is 31.4 Å². The molecule has 0 aliphatic heterocycles. The van der Waals surface area contributed by atoms with Gasteiger partial charge in [-0.1, -0.05) is 36.2 Å². The van der Waals surface area contributed by atoms with Crippen molar-refractivity contribution in [3.8, 4) is 0 Å². The summed E-state index contributed by atoms with van der Waals surface area (Å²) in [6.07, 6.45) is 3.33. The Balaban J connectivity index is 3.14. The fourth-order valence-corrected chi connectivity index (χ4v) is 2.65. The Kier molecular flexibility index (Phi) is 6.99. The predicted octanol–water partition coefficient (Wildman–Crippen LogP) is 4.89. The Morgan fingerprint density at radius 3 is 2.60 bits per heavy atom. The first-order valence-corrected chi connectivity index (χ1v) is 8.27. The van der Waals surface area contributed by atoms with Crippen LogP contribution in [0.5, 0.6) is 0 Å². The Labute approximate surface area is 129 Å². The lowest BCUT2D eigenvalue weighted by Crippen LogP contribution is -2.34. The number of benzene rings is 1. The molecule has 1 aromatic carbocycles. The average molecular weight is 343 g/mol. The molecule has 1 unspecified atom stereocenters. The average Bonchev–Trinajstić information content (AvgIpc) is 2.47. The molecule has 0 aromatic heterocycles. The van der Waals surface area contributed by atoms with Crippen molar-refractivity contribution in [1.82, 2.24) is 0 Å². The molecule has 0 bridgehead atoms. The third-order valence-electron chi connectivity index (χ3n) is 3.60. The third-order valence-corrected chi connectivity index (χ3v) is 4.21. The Morgan fingerprint density at radius 2 is 2.10 bits per heavy atom. The second-order valence-corrected chi connectivity index (χ2v) is 5.57. The van der Waals surface area contributed by atoms with Crippen molar-refractivity contribution in [2.45, 2.75) is 51.4 Å². The summed E-state index contributed by atoms with van der Waals surface area (Å²) >= 11 is 3.45. The molecule has 5 heteroatoms. The summed E-state index contributed by atoms with van der Waals surface area (Å²) < 4.78 is 0. The Morgan fingerprint density at radius 1 is 1.40 bits per heavy atom. The van der Waals surface area contributed by atoms with E-state index in [2.05, 4.69) is 41.6 Å². The third kappa shape index (κ3) is 4.20. The van der Waals surface area contributed by atoms with Gasteiger partial charge in [0.1, 0.15) is 0 Å². The first kappa shape index (κ1) is 17.0. The van der Waals surface area contributed by atoms with Gasteiger partial charge in [0.25, 0.3) is 5.69 Å². The molecule has 0 saturated carbocycles. The molecule has 1 rings (SSSR count). The van der Waals surface area contributed by atoms with Crippen LogP contribution >= 0.6 is 15.9 Å². The highest BCUT2D eigenvalue weighted by atomic mass is 79.9. The van der Waals surface area contributed by atoms with Gasteiger partial charge in [-0.25, -0.2) is 0 Å². The number of nitrogens with zero attached hydrogens (tertiary/aromatic N) is 2. The molecule has 0 N–H and O–H groups in total. The van der Waals surface area contributed by atoms with Gasteiger partial charge in [-0.2, -0.15) is 0 Å². The smallest absolute Gasteiger partial charge is 0.269 e. The van der Waals surface area contributed by atoms with Crippen LogP contribution in [0.1, 0.15) is 45.6 Å². The van der Waals surface area contributed by atoms with Crippen LogP contribution < -0.4 is 4.90 Å². The lowest BCUT2D eigenvalue weighted by atomic mass is 10.1. The molecule has 0 amide bonds. The summed E-state index contributed by atoms with van der Waals surface area (Å²) in [4.78, 5) is 12.9. The number of hydrogen-bond acceptors (Lipinski definition) is 3. The zero-order chi connectivity index (χ0) is 15.1. The van der Waals surface area contributed by atoms with Gasteiger partial charge in [-0.15, -0.1) is 0 Å². The van der Waals surface area contributed by atoms with Crippen molar-refractivity contribution in [1.29, 1.82) is 0 Å². The minimum atomic E-state index is -0.338. The van der Waals surface area contributed by atoms with Crippen molar-refractivity contribution in [2.75, 3.05) is 11.4 Å². The zero-order valence-corrected chi connectivity index (χ0v) is 14.0. The van der Waals surface area contributed by atoms with E-state index in [0.717, 1.165) is 37.1 Å². The summed E-state index contributed by atoms with van der Waals surface area (Å²) in [6.45, 7) is 7.54. The Bertz CT molecular complexity index is 451. The maximum Gasteiger partial charge on any atom is 0.269 e. The first-order chi connectivity index (χ1) is 9.54. The standard InChI is InChI=1S/C15H23BrN2O2/c1-4-6-9-17(12(3)5-2)15-8-7-14(18(19)20)10-13(15)11-16/h7-8,10,12H,4-6,9,11H2,1-3H3. The normalized spacial score (nSPS) is 12.2. The van der Waals surface area contributed by atoms with Crippen LogP contribution in [-0.2, 0) is 5.33 Å². The van der Waals surface area contributed by atoms with E-state index in [1.165, 1.54) is 0 Å². The number of non-ortho nitro benzene ring substituents is 1. The van der Waals surface area contributed by atoms with Crippen LogP contribution in [0.3, 0.4) is 0 Å². The fraction of sp³-hybridized carbons (Fsp3) is 0.600. The highest BCUT2D eigenvalue weighted by Crippen LogP contribution is 2.29. The Hall–Kier alpha value is -1.10. The van der Waals surface area contributed by atoms with Gasteiger partial charge in [-0.3, -0.25) is 10.1 Å². The number of alkyl halides is 1. The van der Waals surface area contributed by atoms with Crippen molar-refractivity contribution in [2.24, 2.45) is 0 Å². The van der Waals surface area contributed by atoms with E-state index in [1.54, 1.807) is 12.1 Å². The SMILES string of the molecule is CCCCN(c1ccc([N+](=O)[O-])cc1CBr)C(C)CC. The van der Waals surface area contributed by atoms with E-state index in [-0.39, 0.29) is 10.6 Å². The van der Waals surface area contributed by atoms with E-state index < -0.39 is 0 Å². The van der Waals surface area contributed by atoms with E-state index in [0.29, 0.717) is 11.4 Å². The van der Waals surface area contributed by atoms with Crippen LogP contribution in [0.15, 0.2) is 18.2 Å². The van der Waals surface area contributed by atoms with Gasteiger partial charge < -0.3 is 4.90 Å². The molecule has 0 aliphatic rings. The van der Waals surface area contributed by atoms with Gasteiger partial charge in [0, 0.05) is 35.7 Å². The van der Waals surface area contributed by atoms with Crippen LogP contribution in [0, 0.1) is 10.1 Å². The number of unbranched alkanes of at least 4 members (excludes halogenated alkanes) is 1. The lowest BCUT2D eigenvalue weighted by Gasteiger charge is -2.32. The maximum absolute atomic E-state index is 10.9. The van der Waals surface area contributed by atoms with E-state index in [1.807, 2.05) is 6.07 Å². The van der Waals surface area contributed by atoms with Gasteiger partial charge in [0.05, 0.1) is 4.92 Å². The molecule has 0 spiro atoms. The quantitative estimate of drug-likeness (QED) is 0.383. The lowest BCUT2D eigenvalue weighted by molar-refractivity contribution is -0.384. The molecule has 0 saturated heterocycles. The predicted molar refractivity (Wildman–Crippen MR) is 87.7 cm³/mol. The van der Waals surface area contributed by atoms with Crippen molar-refractivity contribution in [3.05, 3.63) is 33.9 Å². The highest BCUT2D eigenvalue weighted by Gasteiger charge is 2.18. The summed E-state index contributed by atoms with van der Waals surface area (Å²) in [5, 5.41) is 11.5. The van der Waals surface area contributed by atoms with Crippen LogP contribution in [0.4, 0.5) is 11.4 Å². The van der Waals surface area contributed by atoms with Crippen LogP contribution in [0.25, 0.3) is 0 Å². The number of hydrogen-bond donors (Lipinski definition) is 0. The number of rotatable bonds is 8. The molecule has 0 radical (unpaired) electrons. The molecule has 112 valence electrons. The largest absolute Gasteiger partial charge is 0.369 e. The highest BCUT2D eigenvalue weighted by molar-refractivity contribution is 9.08. The number of nitro groups is 1. The molecular formula is C15H23BrN2O2. The first-order valence-electron chi connectivity index (χ1n) is 7.15. The molecule has 0 fully saturated rings. The molecule has 0 heterocycles. The molecule has 4 nitrogen and oxygen atoms in total. The van der Waals surface area contributed by atoms with Crippen LogP contribution in [0.2, 0.25) is 0 Å². The minimum Gasteiger partial charge on any atom is -0.369 e. The number of nitro benzene ring substituents is 1. The molecule has 1 atom stereocenters. The number of anilines is 1. The van der Waals surface area contributed by atoms with E-state index >= 15 is 0 Å². The summed E-state index contributed by atoms with van der Waals surface area (Å²) in [5.74, 6) is 0. The van der Waals surface area contributed by atoms with Crippen molar-refractivity contribution in [3.63, 3.8) is 0 Å². The van der Waals surface area contributed by atoms with E-state index in [4.69, 9.17) is 0 Å². The molecule has 20 heavy (non-hydrogen) atoms. The minimum absolute atomic E-state index is 0.155. The molecule has 1 aromatic rings. The summed E-state index contributed by atoms with van der Waals surface area (Å²) in [6, 6.07) is 5.59. The van der Waals surface area contributed by atoms with Crippen molar-refractivity contribution >= 4 is 27.3 Å². The monoisotopic (exact) mass is 342 g/mol. The van der Waals surface area contributed by atoms with E-state index in [9.17, 15) is 10.1 Å². The number of halogens is 1. The second-order valence-electron chi connectivity index (χ2n) is 5.01. The van der Waals surface area contributed by atoms with Gasteiger partial charge >= 0.3 is 0 Å². The summed E-state index contributed by atoms with van der Waals surface area (Å²) in [7, 11) is 0. The zero-order valence-electron chi connectivity index (χ0n) is 12.4. The molecule has 0 aliphatic carbocycles.